The molecule has 0 fully saturated rings. The molecular formula is C17H19Cl2N. The van der Waals surface area contributed by atoms with Crippen molar-refractivity contribution in [3.8, 4) is 0 Å². The molecule has 106 valence electrons. The van der Waals surface area contributed by atoms with Gasteiger partial charge in [-0.15, -0.1) is 0 Å². The second-order valence-electron chi connectivity index (χ2n) is 5.48. The standard InChI is InChI=1S/C17H19Cl2N/c1-17(2,12-7-5-4-6-8-12)16(20-3)14-10-9-13(18)11-15(14)19/h4-11,16,20H,1-3H3. The van der Waals surface area contributed by atoms with Crippen LogP contribution in [0.25, 0.3) is 0 Å². The Morgan fingerprint density at radius 2 is 1.65 bits per heavy atom. The highest BCUT2D eigenvalue weighted by atomic mass is 35.5. The number of benzene rings is 2. The Morgan fingerprint density at radius 1 is 1.00 bits per heavy atom. The Morgan fingerprint density at radius 3 is 2.20 bits per heavy atom. The maximum absolute atomic E-state index is 6.37. The lowest BCUT2D eigenvalue weighted by atomic mass is 9.75. The molecule has 2 aromatic rings. The van der Waals surface area contributed by atoms with Crippen molar-refractivity contribution in [3.05, 3.63) is 69.7 Å². The zero-order valence-corrected chi connectivity index (χ0v) is 13.5. The van der Waals surface area contributed by atoms with E-state index in [0.29, 0.717) is 10.0 Å². The number of halogens is 2. The summed E-state index contributed by atoms with van der Waals surface area (Å²) in [5.41, 5.74) is 2.24. The van der Waals surface area contributed by atoms with Gasteiger partial charge in [0.15, 0.2) is 0 Å². The Bertz CT molecular complexity index is 579. The average molecular weight is 308 g/mol. The van der Waals surface area contributed by atoms with Gasteiger partial charge in [0.2, 0.25) is 0 Å². The van der Waals surface area contributed by atoms with E-state index < -0.39 is 0 Å². The molecule has 3 heteroatoms. The summed E-state index contributed by atoms with van der Waals surface area (Å²) in [5.74, 6) is 0. The fraction of sp³-hybridized carbons (Fsp3) is 0.294. The van der Waals surface area contributed by atoms with Crippen molar-refractivity contribution in [2.75, 3.05) is 7.05 Å². The molecule has 2 rings (SSSR count). The zero-order chi connectivity index (χ0) is 14.8. The highest BCUT2D eigenvalue weighted by Crippen LogP contribution is 2.39. The highest BCUT2D eigenvalue weighted by molar-refractivity contribution is 6.35. The summed E-state index contributed by atoms with van der Waals surface area (Å²) in [7, 11) is 1.96. The third-order valence-electron chi connectivity index (χ3n) is 3.80. The smallest absolute Gasteiger partial charge is 0.0468 e. The van der Waals surface area contributed by atoms with Crippen molar-refractivity contribution >= 4 is 23.2 Å². The molecule has 1 atom stereocenters. The summed E-state index contributed by atoms with van der Waals surface area (Å²) in [6.45, 7) is 4.43. The Hall–Kier alpha value is -1.02. The minimum absolute atomic E-state index is 0.0898. The molecular weight excluding hydrogens is 289 g/mol. The van der Waals surface area contributed by atoms with E-state index in [9.17, 15) is 0 Å². The highest BCUT2D eigenvalue weighted by Gasteiger charge is 2.32. The van der Waals surface area contributed by atoms with E-state index in [1.165, 1.54) is 5.56 Å². The maximum Gasteiger partial charge on any atom is 0.0468 e. The average Bonchev–Trinajstić information content (AvgIpc) is 2.43. The lowest BCUT2D eigenvalue weighted by Gasteiger charge is -2.35. The van der Waals surface area contributed by atoms with Crippen LogP contribution in [-0.2, 0) is 5.41 Å². The molecule has 0 radical (unpaired) electrons. The van der Waals surface area contributed by atoms with E-state index in [0.717, 1.165) is 5.56 Å². The van der Waals surface area contributed by atoms with Gasteiger partial charge in [-0.1, -0.05) is 73.4 Å². The monoisotopic (exact) mass is 307 g/mol. The first-order chi connectivity index (χ1) is 9.46. The summed E-state index contributed by atoms with van der Waals surface area (Å²) in [6.07, 6.45) is 0. The van der Waals surface area contributed by atoms with Crippen LogP contribution in [0, 0.1) is 0 Å². The van der Waals surface area contributed by atoms with Gasteiger partial charge in [0.05, 0.1) is 0 Å². The van der Waals surface area contributed by atoms with Crippen LogP contribution in [-0.4, -0.2) is 7.05 Å². The number of likely N-dealkylation sites (N-methyl/N-ethyl adjacent to an activating group) is 1. The molecule has 0 spiro atoms. The first-order valence-electron chi connectivity index (χ1n) is 6.64. The Labute approximate surface area is 130 Å². The zero-order valence-electron chi connectivity index (χ0n) is 12.0. The molecule has 0 aliphatic heterocycles. The normalized spacial score (nSPS) is 13.2. The minimum atomic E-state index is -0.0898. The van der Waals surface area contributed by atoms with Crippen LogP contribution < -0.4 is 5.32 Å². The molecule has 0 saturated heterocycles. The second kappa shape index (κ2) is 6.17. The SMILES string of the molecule is CNC(c1ccc(Cl)cc1Cl)C(C)(C)c1ccccc1. The van der Waals surface area contributed by atoms with Crippen LogP contribution in [0.1, 0.15) is 31.0 Å². The second-order valence-corrected chi connectivity index (χ2v) is 6.32. The molecule has 1 N–H and O–H groups in total. The van der Waals surface area contributed by atoms with E-state index in [4.69, 9.17) is 23.2 Å². The number of rotatable bonds is 4. The first kappa shape index (κ1) is 15.4. The third kappa shape index (κ3) is 3.01. The lowest BCUT2D eigenvalue weighted by molar-refractivity contribution is 0.369. The molecule has 0 aliphatic rings. The number of hydrogen-bond donors (Lipinski definition) is 1. The van der Waals surface area contributed by atoms with Gasteiger partial charge in [0.1, 0.15) is 0 Å². The van der Waals surface area contributed by atoms with Gasteiger partial charge >= 0.3 is 0 Å². The quantitative estimate of drug-likeness (QED) is 0.815. The molecule has 0 heterocycles. The third-order valence-corrected chi connectivity index (χ3v) is 4.36. The van der Waals surface area contributed by atoms with Gasteiger partial charge < -0.3 is 5.32 Å². The predicted octanol–water partition coefficient (Wildman–Crippen LogP) is 5.23. The van der Waals surface area contributed by atoms with Gasteiger partial charge in [-0.25, -0.2) is 0 Å². The fourth-order valence-electron chi connectivity index (χ4n) is 2.68. The van der Waals surface area contributed by atoms with Crippen molar-refractivity contribution in [1.82, 2.24) is 5.32 Å². The molecule has 0 bridgehead atoms. The topological polar surface area (TPSA) is 12.0 Å². The summed E-state index contributed by atoms with van der Waals surface area (Å²) >= 11 is 12.4. The predicted molar refractivity (Wildman–Crippen MR) is 87.7 cm³/mol. The lowest BCUT2D eigenvalue weighted by Crippen LogP contribution is -2.35. The summed E-state index contributed by atoms with van der Waals surface area (Å²) in [5, 5.41) is 4.74. The van der Waals surface area contributed by atoms with E-state index in [1.807, 2.05) is 25.2 Å². The van der Waals surface area contributed by atoms with Crippen molar-refractivity contribution in [2.24, 2.45) is 0 Å². The largest absolute Gasteiger partial charge is 0.312 e. The van der Waals surface area contributed by atoms with Crippen LogP contribution in [0.15, 0.2) is 48.5 Å². The minimum Gasteiger partial charge on any atom is -0.312 e. The Kier molecular flexibility index (Phi) is 4.74. The molecule has 0 saturated carbocycles. The van der Waals surface area contributed by atoms with Gasteiger partial charge in [-0.05, 0) is 30.3 Å². The first-order valence-corrected chi connectivity index (χ1v) is 7.40. The van der Waals surface area contributed by atoms with Gasteiger partial charge in [-0.3, -0.25) is 0 Å². The summed E-state index contributed by atoms with van der Waals surface area (Å²) in [4.78, 5) is 0. The van der Waals surface area contributed by atoms with Crippen molar-refractivity contribution in [2.45, 2.75) is 25.3 Å². The number of hydrogen-bond acceptors (Lipinski definition) is 1. The molecule has 2 aromatic carbocycles. The van der Waals surface area contributed by atoms with Crippen molar-refractivity contribution in [1.29, 1.82) is 0 Å². The summed E-state index contributed by atoms with van der Waals surface area (Å²) in [6, 6.07) is 16.2. The molecule has 1 unspecified atom stereocenters. The van der Waals surface area contributed by atoms with Crippen LogP contribution in [0.5, 0.6) is 0 Å². The van der Waals surface area contributed by atoms with E-state index in [2.05, 4.69) is 43.4 Å². The van der Waals surface area contributed by atoms with Gasteiger partial charge in [-0.2, -0.15) is 0 Å². The maximum atomic E-state index is 6.37. The summed E-state index contributed by atoms with van der Waals surface area (Å²) < 4.78 is 0. The van der Waals surface area contributed by atoms with E-state index >= 15 is 0 Å². The van der Waals surface area contributed by atoms with Crippen LogP contribution >= 0.6 is 23.2 Å². The Balaban J connectivity index is 2.46. The van der Waals surface area contributed by atoms with E-state index in [-0.39, 0.29) is 11.5 Å². The van der Waals surface area contributed by atoms with Gasteiger partial charge in [0.25, 0.3) is 0 Å². The van der Waals surface area contributed by atoms with Crippen molar-refractivity contribution < 1.29 is 0 Å². The molecule has 20 heavy (non-hydrogen) atoms. The number of nitrogens with one attached hydrogen (secondary N) is 1. The fourth-order valence-corrected chi connectivity index (χ4v) is 3.19. The van der Waals surface area contributed by atoms with E-state index in [1.54, 1.807) is 6.07 Å². The molecule has 0 aliphatic carbocycles. The molecule has 0 aromatic heterocycles. The molecule has 1 nitrogen and oxygen atoms in total. The van der Waals surface area contributed by atoms with Gasteiger partial charge in [0, 0.05) is 21.5 Å². The molecule has 0 amide bonds. The van der Waals surface area contributed by atoms with Crippen LogP contribution in [0.3, 0.4) is 0 Å². The van der Waals surface area contributed by atoms with Crippen molar-refractivity contribution in [3.63, 3.8) is 0 Å². The van der Waals surface area contributed by atoms with Crippen LogP contribution in [0.2, 0.25) is 10.0 Å². The van der Waals surface area contributed by atoms with Crippen LogP contribution in [0.4, 0.5) is 0 Å².